The van der Waals surface area contributed by atoms with Crippen molar-refractivity contribution in [3.8, 4) is 0 Å². The van der Waals surface area contributed by atoms with Crippen LogP contribution in [0.2, 0.25) is 0 Å². The molecule has 4 nitrogen and oxygen atoms in total. The minimum atomic E-state index is -0.911. The molecule has 80 valence electrons. The van der Waals surface area contributed by atoms with Crippen molar-refractivity contribution in [1.82, 2.24) is 0 Å². The summed E-state index contributed by atoms with van der Waals surface area (Å²) in [6.45, 7) is 3.95. The Morgan fingerprint density at radius 3 is 2.64 bits per heavy atom. The second-order valence-electron chi connectivity index (χ2n) is 4.08. The average molecular weight is 200 g/mol. The van der Waals surface area contributed by atoms with Crippen LogP contribution in [0, 0.1) is 11.8 Å². The Hall–Kier alpha value is -1.06. The smallest absolute Gasteiger partial charge is 0.309 e. The molecule has 1 fully saturated rings. The molecule has 2 unspecified atom stereocenters. The van der Waals surface area contributed by atoms with Crippen LogP contribution in [0.25, 0.3) is 0 Å². The summed E-state index contributed by atoms with van der Waals surface area (Å²) >= 11 is 0. The molecule has 0 saturated carbocycles. The molecule has 1 aliphatic rings. The van der Waals surface area contributed by atoms with Gasteiger partial charge in [0.2, 0.25) is 0 Å². The van der Waals surface area contributed by atoms with Crippen molar-refractivity contribution in [3.63, 3.8) is 0 Å². The lowest BCUT2D eigenvalue weighted by Crippen LogP contribution is -2.34. The number of carboxylic acids is 1. The fourth-order valence-electron chi connectivity index (χ4n) is 1.74. The number of esters is 1. The maximum absolute atomic E-state index is 11.4. The fraction of sp³-hybridized carbons (Fsp3) is 0.800. The minimum Gasteiger partial charge on any atom is -0.481 e. The highest BCUT2D eigenvalue weighted by atomic mass is 16.5. The standard InChI is InChI=1S/C10H16O4/c1-6(2)8-4-3-7(5-9(11)12)14-10(8)13/h6-8H,3-5H2,1-2H3,(H,11,12). The highest BCUT2D eigenvalue weighted by molar-refractivity contribution is 5.74. The molecule has 0 amide bonds. The highest BCUT2D eigenvalue weighted by Crippen LogP contribution is 2.27. The summed E-state index contributed by atoms with van der Waals surface area (Å²) in [5.41, 5.74) is 0. The number of cyclic esters (lactones) is 1. The molecule has 0 radical (unpaired) electrons. The van der Waals surface area contributed by atoms with Crippen LogP contribution >= 0.6 is 0 Å². The van der Waals surface area contributed by atoms with E-state index in [-0.39, 0.29) is 24.2 Å². The first-order valence-corrected chi connectivity index (χ1v) is 4.93. The molecule has 4 heteroatoms. The van der Waals surface area contributed by atoms with Crippen molar-refractivity contribution in [2.24, 2.45) is 11.8 Å². The number of carbonyl (C=O) groups is 2. The van der Waals surface area contributed by atoms with Gasteiger partial charge in [0.15, 0.2) is 0 Å². The monoisotopic (exact) mass is 200 g/mol. The van der Waals surface area contributed by atoms with E-state index in [1.54, 1.807) is 0 Å². The molecule has 0 aromatic carbocycles. The van der Waals surface area contributed by atoms with Gasteiger partial charge in [-0.25, -0.2) is 0 Å². The Bertz CT molecular complexity index is 234. The SMILES string of the molecule is CC(C)C1CCC(CC(=O)O)OC1=O. The zero-order valence-electron chi connectivity index (χ0n) is 8.53. The van der Waals surface area contributed by atoms with Gasteiger partial charge in [-0.3, -0.25) is 9.59 Å². The summed E-state index contributed by atoms with van der Waals surface area (Å²) in [6, 6.07) is 0. The van der Waals surface area contributed by atoms with Crippen LogP contribution in [0.5, 0.6) is 0 Å². The van der Waals surface area contributed by atoms with Gasteiger partial charge < -0.3 is 9.84 Å². The lowest BCUT2D eigenvalue weighted by molar-refractivity contribution is -0.164. The quantitative estimate of drug-likeness (QED) is 0.700. The number of carbonyl (C=O) groups excluding carboxylic acids is 1. The van der Waals surface area contributed by atoms with Crippen LogP contribution < -0.4 is 0 Å². The van der Waals surface area contributed by atoms with Crippen LogP contribution in [0.1, 0.15) is 33.1 Å². The summed E-state index contributed by atoms with van der Waals surface area (Å²) < 4.78 is 5.05. The van der Waals surface area contributed by atoms with Gasteiger partial charge in [-0.1, -0.05) is 13.8 Å². The first-order valence-electron chi connectivity index (χ1n) is 4.93. The van der Waals surface area contributed by atoms with Crippen molar-refractivity contribution in [1.29, 1.82) is 0 Å². The van der Waals surface area contributed by atoms with Crippen molar-refractivity contribution < 1.29 is 19.4 Å². The third-order valence-electron chi connectivity index (χ3n) is 2.59. The Labute approximate surface area is 83.2 Å². The third-order valence-corrected chi connectivity index (χ3v) is 2.59. The number of aliphatic carboxylic acids is 1. The molecule has 1 aliphatic heterocycles. The lowest BCUT2D eigenvalue weighted by Gasteiger charge is -2.29. The van der Waals surface area contributed by atoms with Crippen LogP contribution in [0.15, 0.2) is 0 Å². The maximum Gasteiger partial charge on any atom is 0.309 e. The largest absolute Gasteiger partial charge is 0.481 e. The normalized spacial score (nSPS) is 27.5. The topological polar surface area (TPSA) is 63.6 Å². The molecular formula is C10H16O4. The van der Waals surface area contributed by atoms with E-state index < -0.39 is 12.1 Å². The Morgan fingerprint density at radius 2 is 2.21 bits per heavy atom. The van der Waals surface area contributed by atoms with E-state index >= 15 is 0 Å². The minimum absolute atomic E-state index is 0.0555. The van der Waals surface area contributed by atoms with Crippen LogP contribution in [-0.4, -0.2) is 23.1 Å². The molecular weight excluding hydrogens is 184 g/mol. The average Bonchev–Trinajstić information content (AvgIpc) is 2.01. The number of hydrogen-bond acceptors (Lipinski definition) is 3. The van der Waals surface area contributed by atoms with E-state index in [1.807, 2.05) is 13.8 Å². The van der Waals surface area contributed by atoms with E-state index in [0.29, 0.717) is 6.42 Å². The molecule has 1 rings (SSSR count). The zero-order chi connectivity index (χ0) is 10.7. The molecule has 1 N–H and O–H groups in total. The van der Waals surface area contributed by atoms with E-state index in [4.69, 9.17) is 9.84 Å². The Balaban J connectivity index is 2.47. The number of hydrogen-bond donors (Lipinski definition) is 1. The first-order chi connectivity index (χ1) is 6.50. The van der Waals surface area contributed by atoms with Crippen LogP contribution in [-0.2, 0) is 14.3 Å². The summed E-state index contributed by atoms with van der Waals surface area (Å²) in [5, 5.41) is 8.54. The number of ether oxygens (including phenoxy) is 1. The van der Waals surface area contributed by atoms with E-state index in [0.717, 1.165) is 6.42 Å². The zero-order valence-corrected chi connectivity index (χ0v) is 8.53. The fourth-order valence-corrected chi connectivity index (χ4v) is 1.74. The Kier molecular flexibility index (Phi) is 3.49. The van der Waals surface area contributed by atoms with Gasteiger partial charge in [0, 0.05) is 0 Å². The van der Waals surface area contributed by atoms with E-state index in [2.05, 4.69) is 0 Å². The molecule has 0 aromatic heterocycles. The maximum atomic E-state index is 11.4. The van der Waals surface area contributed by atoms with Gasteiger partial charge in [-0.2, -0.15) is 0 Å². The molecule has 14 heavy (non-hydrogen) atoms. The summed E-state index contributed by atoms with van der Waals surface area (Å²) in [7, 11) is 0. The van der Waals surface area contributed by atoms with Crippen molar-refractivity contribution in [2.75, 3.05) is 0 Å². The first kappa shape index (κ1) is 11.0. The van der Waals surface area contributed by atoms with Crippen LogP contribution in [0.3, 0.4) is 0 Å². The van der Waals surface area contributed by atoms with Gasteiger partial charge >= 0.3 is 11.9 Å². The molecule has 0 spiro atoms. The van der Waals surface area contributed by atoms with Gasteiger partial charge in [0.1, 0.15) is 6.10 Å². The van der Waals surface area contributed by atoms with Crippen molar-refractivity contribution >= 4 is 11.9 Å². The Morgan fingerprint density at radius 1 is 1.57 bits per heavy atom. The van der Waals surface area contributed by atoms with Crippen LogP contribution in [0.4, 0.5) is 0 Å². The van der Waals surface area contributed by atoms with Gasteiger partial charge in [0.05, 0.1) is 12.3 Å². The van der Waals surface area contributed by atoms with E-state index in [9.17, 15) is 9.59 Å². The predicted octanol–water partition coefficient (Wildman–Crippen LogP) is 1.44. The number of rotatable bonds is 3. The molecule has 0 aliphatic carbocycles. The van der Waals surface area contributed by atoms with Gasteiger partial charge in [-0.05, 0) is 18.8 Å². The van der Waals surface area contributed by atoms with Gasteiger partial charge in [0.25, 0.3) is 0 Å². The number of carboxylic acid groups (broad SMARTS) is 1. The summed E-state index contributed by atoms with van der Waals surface area (Å²) in [4.78, 5) is 21.8. The summed E-state index contributed by atoms with van der Waals surface area (Å²) in [6.07, 6.45) is 0.918. The van der Waals surface area contributed by atoms with Crippen molar-refractivity contribution in [3.05, 3.63) is 0 Å². The molecule has 0 bridgehead atoms. The van der Waals surface area contributed by atoms with Gasteiger partial charge in [-0.15, -0.1) is 0 Å². The second-order valence-corrected chi connectivity index (χ2v) is 4.08. The molecule has 1 saturated heterocycles. The molecule has 1 heterocycles. The second kappa shape index (κ2) is 4.44. The van der Waals surface area contributed by atoms with E-state index in [1.165, 1.54) is 0 Å². The van der Waals surface area contributed by atoms with Crippen molar-refractivity contribution in [2.45, 2.75) is 39.2 Å². The lowest BCUT2D eigenvalue weighted by atomic mass is 9.87. The third kappa shape index (κ3) is 2.72. The predicted molar refractivity (Wildman–Crippen MR) is 49.7 cm³/mol. The highest BCUT2D eigenvalue weighted by Gasteiger charge is 2.32. The molecule has 0 aromatic rings. The summed E-state index contributed by atoms with van der Waals surface area (Å²) in [5.74, 6) is -0.934. The molecule has 2 atom stereocenters.